The molecule has 0 aliphatic carbocycles. The number of nitrogens with zero attached hydrogens (tertiary/aromatic N) is 2. The van der Waals surface area contributed by atoms with E-state index in [1.54, 1.807) is 6.20 Å². The summed E-state index contributed by atoms with van der Waals surface area (Å²) in [4.78, 5) is 8.31. The molecule has 13 heavy (non-hydrogen) atoms. The predicted molar refractivity (Wildman–Crippen MR) is 53.8 cm³/mol. The molecular weight excluding hydrogens is 184 g/mol. The number of aryl methyl sites for hydroxylation is 1. The van der Waals surface area contributed by atoms with Crippen LogP contribution in [0.1, 0.15) is 19.0 Å². The summed E-state index contributed by atoms with van der Waals surface area (Å²) in [6.07, 6.45) is 2.26. The summed E-state index contributed by atoms with van der Waals surface area (Å²) in [6.45, 7) is 3.89. The fourth-order valence-corrected chi connectivity index (χ4v) is 1.71. The molecular formula is C9H14N2OS. The second-order valence-electron chi connectivity index (χ2n) is 2.85. The lowest BCUT2D eigenvalue weighted by Crippen LogP contribution is -2.07. The lowest BCUT2D eigenvalue weighted by atomic mass is 10.3. The van der Waals surface area contributed by atoms with Gasteiger partial charge in [-0.2, -0.15) is 0 Å². The van der Waals surface area contributed by atoms with Gasteiger partial charge in [0.1, 0.15) is 0 Å². The van der Waals surface area contributed by atoms with Crippen LogP contribution in [0, 0.1) is 6.92 Å². The first kappa shape index (κ1) is 10.5. The van der Waals surface area contributed by atoms with E-state index in [0.717, 1.165) is 17.3 Å². The molecule has 4 heteroatoms. The summed E-state index contributed by atoms with van der Waals surface area (Å²) in [5.74, 6) is 0.667. The van der Waals surface area contributed by atoms with Crippen LogP contribution in [-0.2, 0) is 0 Å². The Kier molecular flexibility index (Phi) is 4.18. The highest BCUT2D eigenvalue weighted by atomic mass is 32.2. The highest BCUT2D eigenvalue weighted by molar-refractivity contribution is 7.99. The molecule has 0 radical (unpaired) electrons. The Balaban J connectivity index is 2.45. The van der Waals surface area contributed by atoms with Gasteiger partial charge in [-0.1, -0.05) is 18.7 Å². The molecule has 0 aromatic carbocycles. The van der Waals surface area contributed by atoms with Crippen LogP contribution in [0.15, 0.2) is 17.4 Å². The summed E-state index contributed by atoms with van der Waals surface area (Å²) < 4.78 is 0. The van der Waals surface area contributed by atoms with E-state index in [-0.39, 0.29) is 6.10 Å². The van der Waals surface area contributed by atoms with Gasteiger partial charge in [-0.3, -0.25) is 0 Å². The first-order chi connectivity index (χ1) is 6.22. The number of rotatable bonds is 4. The number of aliphatic hydroxyl groups excluding tert-OH is 1. The van der Waals surface area contributed by atoms with E-state index < -0.39 is 0 Å². The van der Waals surface area contributed by atoms with Crippen LogP contribution in [0.4, 0.5) is 0 Å². The monoisotopic (exact) mass is 198 g/mol. The summed E-state index contributed by atoms with van der Waals surface area (Å²) in [5, 5.41) is 10.1. The summed E-state index contributed by atoms with van der Waals surface area (Å²) in [7, 11) is 0. The predicted octanol–water partition coefficient (Wildman–Crippen LogP) is 1.65. The molecule has 1 atom stereocenters. The average molecular weight is 198 g/mol. The molecule has 1 aromatic rings. The van der Waals surface area contributed by atoms with Crippen LogP contribution in [0.3, 0.4) is 0 Å². The minimum absolute atomic E-state index is 0.255. The van der Waals surface area contributed by atoms with E-state index in [2.05, 4.69) is 9.97 Å². The van der Waals surface area contributed by atoms with Gasteiger partial charge in [0.2, 0.25) is 0 Å². The molecule has 0 spiro atoms. The van der Waals surface area contributed by atoms with E-state index in [4.69, 9.17) is 0 Å². The van der Waals surface area contributed by atoms with Crippen LogP contribution in [-0.4, -0.2) is 26.9 Å². The summed E-state index contributed by atoms with van der Waals surface area (Å²) >= 11 is 1.50. The van der Waals surface area contributed by atoms with E-state index in [0.29, 0.717) is 5.75 Å². The summed E-state index contributed by atoms with van der Waals surface area (Å²) in [5.41, 5.74) is 0.962. The molecule has 3 nitrogen and oxygen atoms in total. The third-order valence-corrected chi connectivity index (χ3v) is 2.66. The molecule has 0 saturated heterocycles. The maximum atomic E-state index is 9.31. The van der Waals surface area contributed by atoms with Crippen LogP contribution >= 0.6 is 11.8 Å². The van der Waals surface area contributed by atoms with Crippen molar-refractivity contribution < 1.29 is 5.11 Å². The molecule has 1 N–H and O–H groups in total. The Morgan fingerprint density at radius 2 is 2.38 bits per heavy atom. The minimum atomic E-state index is -0.255. The lowest BCUT2D eigenvalue weighted by Gasteiger charge is -2.05. The fourth-order valence-electron chi connectivity index (χ4n) is 0.784. The van der Waals surface area contributed by atoms with Crippen molar-refractivity contribution >= 4 is 11.8 Å². The highest BCUT2D eigenvalue weighted by Crippen LogP contribution is 2.14. The highest BCUT2D eigenvalue weighted by Gasteiger charge is 2.03. The Morgan fingerprint density at radius 3 is 3.00 bits per heavy atom. The Morgan fingerprint density at radius 1 is 1.62 bits per heavy atom. The van der Waals surface area contributed by atoms with E-state index in [9.17, 15) is 5.11 Å². The van der Waals surface area contributed by atoms with Crippen LogP contribution < -0.4 is 0 Å². The van der Waals surface area contributed by atoms with Gasteiger partial charge in [0.25, 0.3) is 0 Å². The van der Waals surface area contributed by atoms with Gasteiger partial charge < -0.3 is 5.11 Å². The van der Waals surface area contributed by atoms with Gasteiger partial charge >= 0.3 is 0 Å². The molecule has 1 rings (SSSR count). The van der Waals surface area contributed by atoms with Gasteiger partial charge in [0, 0.05) is 17.6 Å². The number of hydrogen-bond donors (Lipinski definition) is 1. The van der Waals surface area contributed by atoms with E-state index in [1.165, 1.54) is 11.8 Å². The van der Waals surface area contributed by atoms with Gasteiger partial charge in [-0.15, -0.1) is 0 Å². The second-order valence-corrected chi connectivity index (χ2v) is 3.84. The van der Waals surface area contributed by atoms with Gasteiger partial charge in [-0.05, 0) is 19.4 Å². The van der Waals surface area contributed by atoms with Crippen molar-refractivity contribution in [1.29, 1.82) is 0 Å². The maximum absolute atomic E-state index is 9.31. The smallest absolute Gasteiger partial charge is 0.187 e. The fraction of sp³-hybridized carbons (Fsp3) is 0.556. The van der Waals surface area contributed by atoms with Crippen LogP contribution in [0.5, 0.6) is 0 Å². The SMILES string of the molecule is CCC(O)CSc1nccc(C)n1. The van der Waals surface area contributed by atoms with Crippen LogP contribution in [0.25, 0.3) is 0 Å². The first-order valence-electron chi connectivity index (χ1n) is 4.33. The molecule has 0 aliphatic rings. The van der Waals surface area contributed by atoms with Gasteiger partial charge in [0.05, 0.1) is 6.10 Å². The van der Waals surface area contributed by atoms with Crippen molar-refractivity contribution in [2.24, 2.45) is 0 Å². The zero-order valence-corrected chi connectivity index (χ0v) is 8.71. The zero-order chi connectivity index (χ0) is 9.68. The van der Waals surface area contributed by atoms with E-state index >= 15 is 0 Å². The van der Waals surface area contributed by atoms with E-state index in [1.807, 2.05) is 19.9 Å². The van der Waals surface area contributed by atoms with Crippen molar-refractivity contribution in [3.63, 3.8) is 0 Å². The second kappa shape index (κ2) is 5.19. The third kappa shape index (κ3) is 3.74. The molecule has 1 heterocycles. The van der Waals surface area contributed by atoms with Crippen molar-refractivity contribution in [3.8, 4) is 0 Å². The van der Waals surface area contributed by atoms with Gasteiger partial charge in [-0.25, -0.2) is 9.97 Å². The topological polar surface area (TPSA) is 46.0 Å². The Hall–Kier alpha value is -0.610. The van der Waals surface area contributed by atoms with Crippen molar-refractivity contribution in [2.45, 2.75) is 31.5 Å². The lowest BCUT2D eigenvalue weighted by molar-refractivity contribution is 0.195. The number of thioether (sulfide) groups is 1. The van der Waals surface area contributed by atoms with Crippen molar-refractivity contribution in [1.82, 2.24) is 9.97 Å². The third-order valence-electron chi connectivity index (χ3n) is 1.65. The molecule has 72 valence electrons. The normalized spacial score (nSPS) is 12.8. The van der Waals surface area contributed by atoms with Crippen molar-refractivity contribution in [3.05, 3.63) is 18.0 Å². The zero-order valence-electron chi connectivity index (χ0n) is 7.90. The average Bonchev–Trinajstić information content (AvgIpc) is 2.14. The minimum Gasteiger partial charge on any atom is -0.392 e. The van der Waals surface area contributed by atoms with Crippen molar-refractivity contribution in [2.75, 3.05) is 5.75 Å². The van der Waals surface area contributed by atoms with Gasteiger partial charge in [0.15, 0.2) is 5.16 Å². The molecule has 1 aromatic heterocycles. The first-order valence-corrected chi connectivity index (χ1v) is 5.31. The number of aromatic nitrogens is 2. The van der Waals surface area contributed by atoms with Crippen LogP contribution in [0.2, 0.25) is 0 Å². The molecule has 0 fully saturated rings. The standard InChI is InChI=1S/C9H14N2OS/c1-3-8(12)6-13-9-10-5-4-7(2)11-9/h4-5,8,12H,3,6H2,1-2H3. The Bertz CT molecular complexity index is 268. The quantitative estimate of drug-likeness (QED) is 0.590. The largest absolute Gasteiger partial charge is 0.392 e. The molecule has 0 amide bonds. The number of aliphatic hydroxyl groups is 1. The molecule has 0 saturated carbocycles. The molecule has 1 unspecified atom stereocenters. The Labute approximate surface area is 82.6 Å². The molecule has 0 aliphatic heterocycles. The molecule has 0 bridgehead atoms. The summed E-state index contributed by atoms with van der Waals surface area (Å²) in [6, 6.07) is 1.86. The maximum Gasteiger partial charge on any atom is 0.187 e. The number of hydrogen-bond acceptors (Lipinski definition) is 4.